The molecule has 0 aliphatic heterocycles. The summed E-state index contributed by atoms with van der Waals surface area (Å²) in [6, 6.07) is 10.7. The minimum Gasteiger partial charge on any atom is -0.225 e. The Morgan fingerprint density at radius 3 is 2.17 bits per heavy atom. The summed E-state index contributed by atoms with van der Waals surface area (Å²) < 4.78 is 61.7. The van der Waals surface area contributed by atoms with Gasteiger partial charge in [-0.25, -0.2) is 30.7 Å². The zero-order valence-electron chi connectivity index (χ0n) is 12.9. The molecule has 0 atom stereocenters. The van der Waals surface area contributed by atoms with Crippen molar-refractivity contribution in [3.05, 3.63) is 59.9 Å². The highest BCUT2D eigenvalue weighted by atomic mass is 32.2. The van der Waals surface area contributed by atoms with Gasteiger partial charge in [0.15, 0.2) is 0 Å². The van der Waals surface area contributed by atoms with E-state index in [4.69, 9.17) is 5.14 Å². The second kappa shape index (κ2) is 6.98. The van der Waals surface area contributed by atoms with Gasteiger partial charge in [-0.3, -0.25) is 0 Å². The lowest BCUT2D eigenvalue weighted by molar-refractivity contribution is 0.472. The molecule has 0 heterocycles. The summed E-state index contributed by atoms with van der Waals surface area (Å²) in [7, 11) is -6.46. The van der Waals surface area contributed by atoms with Gasteiger partial charge in [0.25, 0.3) is 0 Å². The maximum absolute atomic E-state index is 12.9. The standard InChI is InChI=1S/C15H17FN2O4S2/c1-18(10-9-12-5-7-13(16)8-6-12)24(21,22)15-4-2-3-14(11-15)23(17,19)20/h2-8,11H,9-10H2,1H3,(H2,17,19,20). The van der Waals surface area contributed by atoms with Crippen molar-refractivity contribution in [1.29, 1.82) is 0 Å². The average molecular weight is 372 g/mol. The van der Waals surface area contributed by atoms with Crippen molar-refractivity contribution in [3.63, 3.8) is 0 Å². The molecule has 130 valence electrons. The van der Waals surface area contributed by atoms with E-state index in [1.807, 2.05) is 0 Å². The maximum atomic E-state index is 12.9. The molecule has 0 spiro atoms. The molecule has 0 aliphatic carbocycles. The number of halogens is 1. The summed E-state index contributed by atoms with van der Waals surface area (Å²) in [4.78, 5) is -0.425. The summed E-state index contributed by atoms with van der Waals surface area (Å²) in [5.74, 6) is -0.362. The molecule has 0 amide bonds. The molecule has 2 aromatic rings. The molecule has 0 saturated heterocycles. The zero-order valence-corrected chi connectivity index (χ0v) is 14.5. The molecule has 0 radical (unpaired) electrons. The second-order valence-electron chi connectivity index (χ2n) is 5.22. The summed E-state index contributed by atoms with van der Waals surface area (Å²) in [5, 5.41) is 5.03. The zero-order chi connectivity index (χ0) is 18.0. The largest absolute Gasteiger partial charge is 0.242 e. The van der Waals surface area contributed by atoms with E-state index < -0.39 is 20.0 Å². The van der Waals surface area contributed by atoms with E-state index in [0.717, 1.165) is 15.9 Å². The number of nitrogens with zero attached hydrogens (tertiary/aromatic N) is 1. The Morgan fingerprint density at radius 1 is 1.00 bits per heavy atom. The average Bonchev–Trinajstić information content (AvgIpc) is 2.53. The molecule has 0 saturated carbocycles. The molecule has 9 heteroatoms. The van der Waals surface area contributed by atoms with E-state index in [2.05, 4.69) is 0 Å². The van der Waals surface area contributed by atoms with Crippen LogP contribution in [0.2, 0.25) is 0 Å². The first-order chi connectivity index (χ1) is 11.1. The Bertz CT molecular complexity index is 926. The Kier molecular flexibility index (Phi) is 5.38. The molecule has 6 nitrogen and oxygen atoms in total. The molecule has 2 rings (SSSR count). The van der Waals surface area contributed by atoms with Crippen molar-refractivity contribution in [1.82, 2.24) is 4.31 Å². The number of nitrogens with two attached hydrogens (primary N) is 1. The van der Waals surface area contributed by atoms with Crippen LogP contribution in [0.4, 0.5) is 4.39 Å². The van der Waals surface area contributed by atoms with Crippen LogP contribution in [0.1, 0.15) is 5.56 Å². The third kappa shape index (κ3) is 4.38. The molecular weight excluding hydrogens is 355 g/mol. The summed E-state index contributed by atoms with van der Waals surface area (Å²) >= 11 is 0. The van der Waals surface area contributed by atoms with Gasteiger partial charge in [-0.1, -0.05) is 18.2 Å². The first-order valence-electron chi connectivity index (χ1n) is 6.94. The Labute approximate surface area is 140 Å². The third-order valence-corrected chi connectivity index (χ3v) is 6.23. The molecule has 0 fully saturated rings. The molecule has 0 aromatic heterocycles. The van der Waals surface area contributed by atoms with Crippen LogP contribution in [-0.4, -0.2) is 34.7 Å². The Balaban J connectivity index is 2.18. The highest BCUT2D eigenvalue weighted by molar-refractivity contribution is 7.90. The fourth-order valence-electron chi connectivity index (χ4n) is 2.05. The lowest BCUT2D eigenvalue weighted by atomic mass is 10.1. The SMILES string of the molecule is CN(CCc1ccc(F)cc1)S(=O)(=O)c1cccc(S(N)(=O)=O)c1. The number of hydrogen-bond acceptors (Lipinski definition) is 4. The second-order valence-corrected chi connectivity index (χ2v) is 8.83. The van der Waals surface area contributed by atoms with Crippen LogP contribution < -0.4 is 5.14 Å². The normalized spacial score (nSPS) is 12.5. The van der Waals surface area contributed by atoms with E-state index in [0.29, 0.717) is 6.42 Å². The first-order valence-corrected chi connectivity index (χ1v) is 9.93. The minimum absolute atomic E-state index is 0.157. The van der Waals surface area contributed by atoms with Gasteiger partial charge in [0, 0.05) is 13.6 Å². The van der Waals surface area contributed by atoms with Gasteiger partial charge in [0.2, 0.25) is 20.0 Å². The van der Waals surface area contributed by atoms with Gasteiger partial charge in [0.05, 0.1) is 9.79 Å². The van der Waals surface area contributed by atoms with Gasteiger partial charge >= 0.3 is 0 Å². The van der Waals surface area contributed by atoms with Gasteiger partial charge in [-0.05, 0) is 42.3 Å². The number of benzene rings is 2. The van der Waals surface area contributed by atoms with Crippen LogP contribution in [0.15, 0.2) is 58.3 Å². The number of hydrogen-bond donors (Lipinski definition) is 1. The van der Waals surface area contributed by atoms with Crippen molar-refractivity contribution in [2.45, 2.75) is 16.2 Å². The van der Waals surface area contributed by atoms with Crippen LogP contribution in [-0.2, 0) is 26.5 Å². The van der Waals surface area contributed by atoms with E-state index in [1.165, 1.54) is 37.4 Å². The smallest absolute Gasteiger partial charge is 0.225 e. The molecule has 24 heavy (non-hydrogen) atoms. The summed E-state index contributed by atoms with van der Waals surface area (Å²) in [6.45, 7) is 0.160. The quantitative estimate of drug-likeness (QED) is 0.827. The first kappa shape index (κ1) is 18.5. The summed E-state index contributed by atoms with van der Waals surface area (Å²) in [5.41, 5.74) is 0.789. The van der Waals surface area contributed by atoms with Crippen LogP contribution in [0.3, 0.4) is 0 Å². The van der Waals surface area contributed by atoms with Crippen LogP contribution in [0.25, 0.3) is 0 Å². The molecule has 0 unspecified atom stereocenters. The van der Waals surface area contributed by atoms with E-state index in [-0.39, 0.29) is 22.2 Å². The van der Waals surface area contributed by atoms with E-state index >= 15 is 0 Å². The van der Waals surface area contributed by atoms with Crippen molar-refractivity contribution < 1.29 is 21.2 Å². The highest BCUT2D eigenvalue weighted by Crippen LogP contribution is 2.18. The third-order valence-electron chi connectivity index (χ3n) is 3.47. The fraction of sp³-hybridized carbons (Fsp3) is 0.200. The predicted octanol–water partition coefficient (Wildman–Crippen LogP) is 1.34. The predicted molar refractivity (Wildman–Crippen MR) is 87.7 cm³/mol. The number of likely N-dealkylation sites (N-methyl/N-ethyl adjacent to an activating group) is 1. The topological polar surface area (TPSA) is 97.5 Å². The molecule has 2 N–H and O–H groups in total. The Hall–Kier alpha value is -1.81. The molecule has 2 aromatic carbocycles. The van der Waals surface area contributed by atoms with Gasteiger partial charge in [-0.2, -0.15) is 0 Å². The lowest BCUT2D eigenvalue weighted by Gasteiger charge is -2.17. The van der Waals surface area contributed by atoms with Gasteiger partial charge in [0.1, 0.15) is 5.82 Å². The number of primary sulfonamides is 1. The number of sulfonamides is 2. The van der Waals surface area contributed by atoms with Crippen LogP contribution in [0, 0.1) is 5.82 Å². The van der Waals surface area contributed by atoms with E-state index in [9.17, 15) is 21.2 Å². The van der Waals surface area contributed by atoms with Gasteiger partial charge < -0.3 is 0 Å². The van der Waals surface area contributed by atoms with E-state index in [1.54, 1.807) is 12.1 Å². The van der Waals surface area contributed by atoms with Crippen molar-refractivity contribution in [3.8, 4) is 0 Å². The minimum atomic E-state index is -3.99. The Morgan fingerprint density at radius 2 is 1.58 bits per heavy atom. The summed E-state index contributed by atoms with van der Waals surface area (Å²) in [6.07, 6.45) is 0.394. The molecular formula is C15H17FN2O4S2. The van der Waals surface area contributed by atoms with Crippen LogP contribution >= 0.6 is 0 Å². The molecule has 0 bridgehead atoms. The fourth-order valence-corrected chi connectivity index (χ4v) is 3.90. The van der Waals surface area contributed by atoms with Crippen molar-refractivity contribution in [2.24, 2.45) is 5.14 Å². The van der Waals surface area contributed by atoms with Crippen molar-refractivity contribution >= 4 is 20.0 Å². The number of rotatable bonds is 6. The van der Waals surface area contributed by atoms with Crippen molar-refractivity contribution in [2.75, 3.05) is 13.6 Å². The molecule has 0 aliphatic rings. The van der Waals surface area contributed by atoms with Crippen LogP contribution in [0.5, 0.6) is 0 Å². The van der Waals surface area contributed by atoms with Gasteiger partial charge in [-0.15, -0.1) is 0 Å². The maximum Gasteiger partial charge on any atom is 0.242 e. The lowest BCUT2D eigenvalue weighted by Crippen LogP contribution is -2.29. The monoisotopic (exact) mass is 372 g/mol. The highest BCUT2D eigenvalue weighted by Gasteiger charge is 2.22.